The standard InChI is InChI=1S/C21H21N11O/c1-13-25-16(9-18(26-13)27-14-10-24-31(11-14)15-5-8-33-12-15)20-21(28-17-4-7-22-30-17)29-19-3-2-6-23-32(19)20/h2-4,6-7,9-11,15H,5,8,12H2,1H3,(H2,22,28,30)(H,25,26,27)/t15-/m0/s1. The molecular weight excluding hydrogens is 422 g/mol. The van der Waals surface area contributed by atoms with Crippen molar-refractivity contribution in [2.75, 3.05) is 23.8 Å². The van der Waals surface area contributed by atoms with E-state index in [4.69, 9.17) is 9.72 Å². The third-order valence-corrected chi connectivity index (χ3v) is 5.38. The number of ether oxygens (including phenoxy) is 1. The van der Waals surface area contributed by atoms with E-state index in [1.807, 2.05) is 42.1 Å². The van der Waals surface area contributed by atoms with Crippen LogP contribution in [0.2, 0.25) is 0 Å². The summed E-state index contributed by atoms with van der Waals surface area (Å²) < 4.78 is 9.16. The van der Waals surface area contributed by atoms with Gasteiger partial charge in [0.05, 0.1) is 36.4 Å². The fourth-order valence-corrected chi connectivity index (χ4v) is 3.89. The average molecular weight is 443 g/mol. The van der Waals surface area contributed by atoms with Crippen LogP contribution in [0.15, 0.2) is 49.1 Å². The maximum absolute atomic E-state index is 5.47. The van der Waals surface area contributed by atoms with E-state index in [9.17, 15) is 0 Å². The quantitative estimate of drug-likeness (QED) is 0.362. The zero-order valence-corrected chi connectivity index (χ0v) is 17.8. The zero-order chi connectivity index (χ0) is 22.2. The van der Waals surface area contributed by atoms with E-state index in [1.165, 1.54) is 0 Å². The van der Waals surface area contributed by atoms with Gasteiger partial charge in [-0.3, -0.25) is 9.78 Å². The minimum atomic E-state index is 0.267. The number of imidazole rings is 1. The van der Waals surface area contributed by atoms with Gasteiger partial charge in [-0.15, -0.1) is 0 Å². The third-order valence-electron chi connectivity index (χ3n) is 5.38. The van der Waals surface area contributed by atoms with Crippen LogP contribution in [0.3, 0.4) is 0 Å². The van der Waals surface area contributed by atoms with Gasteiger partial charge in [-0.2, -0.15) is 15.3 Å². The van der Waals surface area contributed by atoms with Gasteiger partial charge in [-0.05, 0) is 25.5 Å². The number of anilines is 4. The van der Waals surface area contributed by atoms with Gasteiger partial charge in [0, 0.05) is 31.1 Å². The molecule has 0 amide bonds. The molecule has 0 bridgehead atoms. The van der Waals surface area contributed by atoms with Crippen molar-refractivity contribution in [2.45, 2.75) is 19.4 Å². The highest BCUT2D eigenvalue weighted by Crippen LogP contribution is 2.31. The molecule has 1 atom stereocenters. The monoisotopic (exact) mass is 443 g/mol. The molecule has 1 aliphatic heterocycles. The lowest BCUT2D eigenvalue weighted by atomic mass is 10.2. The number of nitrogens with one attached hydrogen (secondary N) is 3. The Balaban J connectivity index is 1.37. The summed E-state index contributed by atoms with van der Waals surface area (Å²) >= 11 is 0. The second-order valence-electron chi connectivity index (χ2n) is 7.74. The SMILES string of the molecule is Cc1nc(Nc2cnn([C@H]3CCOC3)c2)cc(-c2c(Nc3ccn[nH]3)nc3cccnn23)n1. The first-order chi connectivity index (χ1) is 16.2. The Morgan fingerprint density at radius 1 is 1.12 bits per heavy atom. The maximum Gasteiger partial charge on any atom is 0.162 e. The topological polar surface area (TPSA) is 136 Å². The molecular formula is C21H21N11O. The van der Waals surface area contributed by atoms with Crippen LogP contribution in [-0.4, -0.2) is 57.8 Å². The van der Waals surface area contributed by atoms with Crippen LogP contribution in [0.4, 0.5) is 23.1 Å². The zero-order valence-electron chi connectivity index (χ0n) is 17.8. The van der Waals surface area contributed by atoms with E-state index in [-0.39, 0.29) is 6.04 Å². The maximum atomic E-state index is 5.47. The lowest BCUT2D eigenvalue weighted by Gasteiger charge is -2.09. The van der Waals surface area contributed by atoms with Crippen LogP contribution in [-0.2, 0) is 4.74 Å². The Bertz CT molecular complexity index is 1400. The summed E-state index contributed by atoms with van der Waals surface area (Å²) in [7, 11) is 0. The first-order valence-corrected chi connectivity index (χ1v) is 10.6. The van der Waals surface area contributed by atoms with Crippen molar-refractivity contribution in [3.63, 3.8) is 0 Å². The van der Waals surface area contributed by atoms with Gasteiger partial charge in [-0.25, -0.2) is 19.5 Å². The molecule has 6 rings (SSSR count). The van der Waals surface area contributed by atoms with Crippen molar-refractivity contribution in [1.82, 2.24) is 44.5 Å². The Morgan fingerprint density at radius 2 is 2.09 bits per heavy atom. The smallest absolute Gasteiger partial charge is 0.162 e. The summed E-state index contributed by atoms with van der Waals surface area (Å²) in [6.45, 7) is 3.31. The van der Waals surface area contributed by atoms with Gasteiger partial charge in [0.2, 0.25) is 0 Å². The number of aromatic amines is 1. The molecule has 1 saturated heterocycles. The predicted molar refractivity (Wildman–Crippen MR) is 121 cm³/mol. The van der Waals surface area contributed by atoms with Crippen molar-refractivity contribution in [3.8, 4) is 11.4 Å². The summed E-state index contributed by atoms with van der Waals surface area (Å²) in [6.07, 6.45) is 8.11. The van der Waals surface area contributed by atoms with Gasteiger partial charge in [0.15, 0.2) is 11.5 Å². The highest BCUT2D eigenvalue weighted by Gasteiger charge is 2.20. The molecule has 166 valence electrons. The number of rotatable bonds is 6. The number of aromatic nitrogens is 9. The van der Waals surface area contributed by atoms with E-state index in [1.54, 1.807) is 23.1 Å². The van der Waals surface area contributed by atoms with Gasteiger partial charge >= 0.3 is 0 Å². The Kier molecular flexibility index (Phi) is 4.69. The second kappa shape index (κ2) is 7.98. The number of nitrogens with zero attached hydrogens (tertiary/aromatic N) is 8. The Morgan fingerprint density at radius 3 is 2.94 bits per heavy atom. The molecule has 0 saturated carbocycles. The molecule has 0 radical (unpaired) electrons. The largest absolute Gasteiger partial charge is 0.379 e. The van der Waals surface area contributed by atoms with E-state index in [0.717, 1.165) is 18.7 Å². The normalized spacial score (nSPS) is 15.8. The van der Waals surface area contributed by atoms with Crippen LogP contribution in [0, 0.1) is 6.92 Å². The second-order valence-corrected chi connectivity index (χ2v) is 7.74. The fraction of sp³-hybridized carbons (Fsp3) is 0.238. The molecule has 5 aromatic heterocycles. The summed E-state index contributed by atoms with van der Waals surface area (Å²) in [5, 5.41) is 22.5. The lowest BCUT2D eigenvalue weighted by molar-refractivity contribution is 0.184. The number of fused-ring (bicyclic) bond motifs is 1. The fourth-order valence-electron chi connectivity index (χ4n) is 3.89. The Hall–Kier alpha value is -4.32. The van der Waals surface area contributed by atoms with Crippen LogP contribution in [0.5, 0.6) is 0 Å². The first kappa shape index (κ1) is 19.4. The molecule has 0 aliphatic carbocycles. The first-order valence-electron chi connectivity index (χ1n) is 10.6. The molecule has 3 N–H and O–H groups in total. The molecule has 6 heterocycles. The van der Waals surface area contributed by atoms with Crippen LogP contribution in [0.1, 0.15) is 18.3 Å². The molecule has 0 unspecified atom stereocenters. The number of H-pyrrole nitrogens is 1. The van der Waals surface area contributed by atoms with Crippen LogP contribution >= 0.6 is 0 Å². The summed E-state index contributed by atoms with van der Waals surface area (Å²) in [5.74, 6) is 2.59. The van der Waals surface area contributed by atoms with Crippen molar-refractivity contribution < 1.29 is 4.74 Å². The van der Waals surface area contributed by atoms with Crippen LogP contribution < -0.4 is 10.6 Å². The summed E-state index contributed by atoms with van der Waals surface area (Å²) in [5.41, 5.74) is 2.93. The van der Waals surface area contributed by atoms with Crippen molar-refractivity contribution in [1.29, 1.82) is 0 Å². The summed E-state index contributed by atoms with van der Waals surface area (Å²) in [6, 6.07) is 7.70. The molecule has 12 nitrogen and oxygen atoms in total. The molecule has 12 heteroatoms. The average Bonchev–Trinajstić information content (AvgIpc) is 3.60. The summed E-state index contributed by atoms with van der Waals surface area (Å²) in [4.78, 5) is 13.9. The minimum Gasteiger partial charge on any atom is -0.379 e. The predicted octanol–water partition coefficient (Wildman–Crippen LogP) is 2.86. The highest BCUT2D eigenvalue weighted by atomic mass is 16.5. The third kappa shape index (κ3) is 3.76. The number of aryl methyl sites for hydroxylation is 1. The highest BCUT2D eigenvalue weighted by molar-refractivity contribution is 5.78. The molecule has 33 heavy (non-hydrogen) atoms. The van der Waals surface area contributed by atoms with Crippen molar-refractivity contribution >= 4 is 28.8 Å². The van der Waals surface area contributed by atoms with Gasteiger partial charge in [-0.1, -0.05) is 0 Å². The molecule has 5 aromatic rings. The van der Waals surface area contributed by atoms with Crippen LogP contribution in [0.25, 0.3) is 17.0 Å². The van der Waals surface area contributed by atoms with Gasteiger partial charge < -0.3 is 15.4 Å². The Labute approximate surface area is 188 Å². The molecule has 0 spiro atoms. The van der Waals surface area contributed by atoms with Gasteiger partial charge in [0.1, 0.15) is 23.2 Å². The number of hydrogen-bond acceptors (Lipinski definition) is 9. The molecule has 0 aromatic carbocycles. The molecule has 1 fully saturated rings. The number of hydrogen-bond donors (Lipinski definition) is 3. The lowest BCUT2D eigenvalue weighted by Crippen LogP contribution is -2.08. The van der Waals surface area contributed by atoms with Gasteiger partial charge in [0.25, 0.3) is 0 Å². The molecule has 1 aliphatic rings. The van der Waals surface area contributed by atoms with Crippen molar-refractivity contribution in [3.05, 3.63) is 54.9 Å². The minimum absolute atomic E-state index is 0.267. The van der Waals surface area contributed by atoms with E-state index >= 15 is 0 Å². The van der Waals surface area contributed by atoms with Crippen molar-refractivity contribution in [2.24, 2.45) is 0 Å². The van der Waals surface area contributed by atoms with E-state index < -0.39 is 0 Å². The van der Waals surface area contributed by atoms with E-state index in [2.05, 4.69) is 41.0 Å². The van der Waals surface area contributed by atoms with E-state index in [0.29, 0.717) is 46.9 Å².